The Morgan fingerprint density at radius 1 is 1.53 bits per heavy atom. The molecule has 1 atom stereocenters. The fourth-order valence-electron chi connectivity index (χ4n) is 1.47. The quantitative estimate of drug-likeness (QED) is 0.602. The van der Waals surface area contributed by atoms with E-state index in [1.807, 2.05) is 0 Å². The van der Waals surface area contributed by atoms with Gasteiger partial charge in [-0.1, -0.05) is 0 Å². The number of hydrogen-bond donors (Lipinski definition) is 1. The molecule has 19 heavy (non-hydrogen) atoms. The largest absolute Gasteiger partial charge is 0.496 e. The Morgan fingerprint density at radius 2 is 2.21 bits per heavy atom. The molecule has 7 nitrogen and oxygen atoms in total. The van der Waals surface area contributed by atoms with E-state index in [0.29, 0.717) is 5.75 Å². The lowest BCUT2D eigenvalue weighted by atomic mass is 10.2. The zero-order chi connectivity index (χ0) is 14.4. The molecule has 0 amide bonds. The van der Waals surface area contributed by atoms with Crippen LogP contribution in [0.2, 0.25) is 0 Å². The molecule has 0 aliphatic heterocycles. The third-order valence-corrected chi connectivity index (χ3v) is 2.46. The molecule has 1 N–H and O–H groups in total. The number of carbonyl (C=O) groups is 1. The van der Waals surface area contributed by atoms with Gasteiger partial charge in [-0.15, -0.1) is 0 Å². The number of rotatable bonds is 7. The van der Waals surface area contributed by atoms with Crippen molar-refractivity contribution in [2.75, 3.05) is 7.11 Å². The second kappa shape index (κ2) is 6.58. The van der Waals surface area contributed by atoms with Crippen molar-refractivity contribution in [3.05, 3.63) is 28.3 Å². The number of carboxylic acids is 1. The lowest BCUT2D eigenvalue weighted by molar-refractivity contribution is -0.386. The molecule has 0 aliphatic rings. The van der Waals surface area contributed by atoms with Crippen molar-refractivity contribution in [2.24, 2.45) is 0 Å². The fraction of sp³-hybridized carbons (Fsp3) is 0.417. The first-order valence-electron chi connectivity index (χ1n) is 5.65. The van der Waals surface area contributed by atoms with E-state index in [9.17, 15) is 14.9 Å². The summed E-state index contributed by atoms with van der Waals surface area (Å²) >= 11 is 0. The number of methoxy groups -OCH3 is 1. The Labute approximate surface area is 109 Å². The Kier molecular flexibility index (Phi) is 5.11. The number of carboxylic acid groups (broad SMARTS) is 1. The summed E-state index contributed by atoms with van der Waals surface area (Å²) in [5.41, 5.74) is -0.207. The molecule has 0 spiro atoms. The van der Waals surface area contributed by atoms with E-state index < -0.39 is 17.0 Å². The van der Waals surface area contributed by atoms with Gasteiger partial charge in [-0.3, -0.25) is 14.9 Å². The second-order valence-corrected chi connectivity index (χ2v) is 3.95. The van der Waals surface area contributed by atoms with E-state index in [4.69, 9.17) is 14.6 Å². The molecule has 104 valence electrons. The first-order chi connectivity index (χ1) is 8.93. The van der Waals surface area contributed by atoms with E-state index in [2.05, 4.69) is 0 Å². The minimum atomic E-state index is -0.931. The van der Waals surface area contributed by atoms with Crippen molar-refractivity contribution >= 4 is 11.7 Å². The highest BCUT2D eigenvalue weighted by Crippen LogP contribution is 2.32. The molecule has 0 bridgehead atoms. The van der Waals surface area contributed by atoms with Crippen LogP contribution >= 0.6 is 0 Å². The molecule has 1 rings (SSSR count). The minimum Gasteiger partial charge on any atom is -0.496 e. The lowest BCUT2D eigenvalue weighted by Gasteiger charge is -2.14. The third kappa shape index (κ3) is 4.46. The molecule has 0 aromatic heterocycles. The Balaban J connectivity index is 2.82. The van der Waals surface area contributed by atoms with Gasteiger partial charge in [0.2, 0.25) is 0 Å². The standard InChI is InChI=1S/C12H15NO6/c1-8(3-6-12(14)15)19-11-5-4-9(18-2)7-10(11)13(16)17/h4-5,7-8H,3,6H2,1-2H3,(H,14,15). The van der Waals surface area contributed by atoms with Gasteiger partial charge in [0.25, 0.3) is 0 Å². The lowest BCUT2D eigenvalue weighted by Crippen LogP contribution is -2.14. The van der Waals surface area contributed by atoms with Crippen LogP contribution in [-0.4, -0.2) is 29.2 Å². The second-order valence-electron chi connectivity index (χ2n) is 3.95. The van der Waals surface area contributed by atoms with Crippen LogP contribution in [0.1, 0.15) is 19.8 Å². The number of benzene rings is 1. The monoisotopic (exact) mass is 269 g/mol. The fourth-order valence-corrected chi connectivity index (χ4v) is 1.47. The molecule has 1 unspecified atom stereocenters. The van der Waals surface area contributed by atoms with E-state index in [-0.39, 0.29) is 24.3 Å². The molecule has 1 aromatic rings. The summed E-state index contributed by atoms with van der Waals surface area (Å²) in [4.78, 5) is 20.8. The van der Waals surface area contributed by atoms with Crippen LogP contribution in [0, 0.1) is 10.1 Å². The van der Waals surface area contributed by atoms with Crippen molar-refractivity contribution in [1.82, 2.24) is 0 Å². The van der Waals surface area contributed by atoms with Gasteiger partial charge in [-0.25, -0.2) is 0 Å². The van der Waals surface area contributed by atoms with Crippen LogP contribution in [0.25, 0.3) is 0 Å². The average molecular weight is 269 g/mol. The molecule has 7 heteroatoms. The minimum absolute atomic E-state index is 0.0505. The van der Waals surface area contributed by atoms with Gasteiger partial charge in [0.15, 0.2) is 5.75 Å². The van der Waals surface area contributed by atoms with Crippen molar-refractivity contribution in [3.8, 4) is 11.5 Å². The zero-order valence-corrected chi connectivity index (χ0v) is 10.7. The predicted molar refractivity (Wildman–Crippen MR) is 66.6 cm³/mol. The highest BCUT2D eigenvalue weighted by atomic mass is 16.6. The Morgan fingerprint density at radius 3 is 2.74 bits per heavy atom. The molecule has 1 aromatic carbocycles. The number of aliphatic carboxylic acids is 1. The molecule has 0 radical (unpaired) electrons. The van der Waals surface area contributed by atoms with Crippen LogP contribution in [0.15, 0.2) is 18.2 Å². The summed E-state index contributed by atoms with van der Waals surface area (Å²) in [6.45, 7) is 1.66. The van der Waals surface area contributed by atoms with Crippen LogP contribution in [-0.2, 0) is 4.79 Å². The highest BCUT2D eigenvalue weighted by molar-refractivity contribution is 5.66. The smallest absolute Gasteiger partial charge is 0.314 e. The zero-order valence-electron chi connectivity index (χ0n) is 10.7. The summed E-state index contributed by atoms with van der Waals surface area (Å²) in [5.74, 6) is -0.472. The van der Waals surface area contributed by atoms with Gasteiger partial charge in [0.1, 0.15) is 5.75 Å². The number of nitro groups is 1. The number of nitrogens with zero attached hydrogens (tertiary/aromatic N) is 1. The Hall–Kier alpha value is -2.31. The van der Waals surface area contributed by atoms with E-state index >= 15 is 0 Å². The van der Waals surface area contributed by atoms with Gasteiger partial charge < -0.3 is 14.6 Å². The first kappa shape index (κ1) is 14.7. The van der Waals surface area contributed by atoms with Crippen LogP contribution in [0.5, 0.6) is 11.5 Å². The Bertz CT molecular complexity index is 473. The summed E-state index contributed by atoms with van der Waals surface area (Å²) in [6.07, 6.45) is -0.202. The SMILES string of the molecule is COc1ccc(OC(C)CCC(=O)O)c([N+](=O)[O-])c1. The number of nitro benzene ring substituents is 1. The molecule has 0 saturated carbocycles. The summed E-state index contributed by atoms with van der Waals surface area (Å²) < 4.78 is 10.3. The average Bonchev–Trinajstić information content (AvgIpc) is 2.36. The van der Waals surface area contributed by atoms with E-state index in [1.165, 1.54) is 19.2 Å². The maximum Gasteiger partial charge on any atom is 0.314 e. The summed E-state index contributed by atoms with van der Waals surface area (Å²) in [5, 5.41) is 19.5. The molecule has 0 saturated heterocycles. The van der Waals surface area contributed by atoms with Crippen molar-refractivity contribution in [3.63, 3.8) is 0 Å². The maximum absolute atomic E-state index is 10.9. The number of ether oxygens (including phenoxy) is 2. The van der Waals surface area contributed by atoms with E-state index in [1.54, 1.807) is 13.0 Å². The molecular formula is C12H15NO6. The predicted octanol–water partition coefficient (Wildman–Crippen LogP) is 2.24. The summed E-state index contributed by atoms with van der Waals surface area (Å²) in [6, 6.07) is 4.25. The number of hydrogen-bond acceptors (Lipinski definition) is 5. The van der Waals surface area contributed by atoms with E-state index in [0.717, 1.165) is 0 Å². The van der Waals surface area contributed by atoms with Crippen molar-refractivity contribution in [2.45, 2.75) is 25.9 Å². The normalized spacial score (nSPS) is 11.7. The summed E-state index contributed by atoms with van der Waals surface area (Å²) in [7, 11) is 1.41. The molecule has 0 fully saturated rings. The van der Waals surface area contributed by atoms with Gasteiger partial charge in [-0.05, 0) is 25.5 Å². The van der Waals surface area contributed by atoms with Gasteiger partial charge >= 0.3 is 11.7 Å². The molecule has 0 aliphatic carbocycles. The molecule has 0 heterocycles. The van der Waals surface area contributed by atoms with Crippen LogP contribution < -0.4 is 9.47 Å². The first-order valence-corrected chi connectivity index (χ1v) is 5.65. The molecular weight excluding hydrogens is 254 g/mol. The van der Waals surface area contributed by atoms with Crippen LogP contribution in [0.3, 0.4) is 0 Å². The van der Waals surface area contributed by atoms with Crippen LogP contribution in [0.4, 0.5) is 5.69 Å². The van der Waals surface area contributed by atoms with Crippen molar-refractivity contribution < 1.29 is 24.3 Å². The maximum atomic E-state index is 10.9. The van der Waals surface area contributed by atoms with Gasteiger partial charge in [-0.2, -0.15) is 0 Å². The van der Waals surface area contributed by atoms with Gasteiger partial charge in [0, 0.05) is 6.42 Å². The van der Waals surface area contributed by atoms with Crippen molar-refractivity contribution in [1.29, 1.82) is 0 Å². The third-order valence-electron chi connectivity index (χ3n) is 2.46. The topological polar surface area (TPSA) is 98.9 Å². The highest BCUT2D eigenvalue weighted by Gasteiger charge is 2.18. The van der Waals surface area contributed by atoms with Gasteiger partial charge in [0.05, 0.1) is 24.2 Å².